The summed E-state index contributed by atoms with van der Waals surface area (Å²) in [6, 6.07) is 34.3. The molecule has 5 aromatic heterocycles. The summed E-state index contributed by atoms with van der Waals surface area (Å²) in [7, 11) is 0. The third-order valence-electron chi connectivity index (χ3n) is 7.09. The highest BCUT2D eigenvalue weighted by molar-refractivity contribution is 7.31. The average molecular weight is 627 g/mol. The predicted molar refractivity (Wildman–Crippen MR) is 178 cm³/mol. The third kappa shape index (κ3) is 5.67. The second-order valence-electron chi connectivity index (χ2n) is 10.0. The first-order chi connectivity index (χ1) is 21.9. The molecule has 0 saturated carbocycles. The molecule has 45 heavy (non-hydrogen) atoms. The second-order valence-corrected chi connectivity index (χ2v) is 12.2. The maximum Gasteiger partial charge on any atom is 0.335 e. The molecule has 0 spiro atoms. The summed E-state index contributed by atoms with van der Waals surface area (Å²) in [6.07, 6.45) is 3.04. The van der Waals surface area contributed by atoms with Gasteiger partial charge in [0.1, 0.15) is 5.00 Å². The Labute approximate surface area is 265 Å². The number of aromatic nitrogens is 3. The summed E-state index contributed by atoms with van der Waals surface area (Å²) in [5.41, 5.74) is 4.44. The van der Waals surface area contributed by atoms with Gasteiger partial charge < -0.3 is 15.1 Å². The van der Waals surface area contributed by atoms with Crippen molar-refractivity contribution in [1.82, 2.24) is 15.0 Å². The molecule has 0 radical (unpaired) electrons. The quantitative estimate of drug-likeness (QED) is 0.172. The number of anilines is 3. The number of benzene rings is 2. The first kappa shape index (κ1) is 28.1. The summed E-state index contributed by atoms with van der Waals surface area (Å²) >= 11 is 3.38. The van der Waals surface area contributed by atoms with Crippen molar-refractivity contribution in [2.45, 2.75) is 0 Å². The van der Waals surface area contributed by atoms with Gasteiger partial charge in [0.25, 0.3) is 0 Å². The summed E-state index contributed by atoms with van der Waals surface area (Å²) < 4.78 is 2.30. The van der Waals surface area contributed by atoms with Gasteiger partial charge in [-0.25, -0.2) is 14.6 Å². The summed E-state index contributed by atoms with van der Waals surface area (Å²) in [6.45, 7) is 0. The summed E-state index contributed by atoms with van der Waals surface area (Å²) in [5, 5.41) is 20.3. The number of hydrogen-bond acceptors (Lipinski definition) is 8. The van der Waals surface area contributed by atoms with Crippen LogP contribution in [0.2, 0.25) is 0 Å². The van der Waals surface area contributed by atoms with Gasteiger partial charge in [-0.2, -0.15) is 0 Å². The Bertz CT molecular complexity index is 2130. The Balaban J connectivity index is 1.25. The zero-order chi connectivity index (χ0) is 30.9. The van der Waals surface area contributed by atoms with E-state index < -0.39 is 11.9 Å². The highest BCUT2D eigenvalue weighted by Gasteiger charge is 2.18. The van der Waals surface area contributed by atoms with E-state index in [4.69, 9.17) is 0 Å². The minimum Gasteiger partial charge on any atom is -0.478 e. The smallest absolute Gasteiger partial charge is 0.335 e. The Kier molecular flexibility index (Phi) is 7.34. The van der Waals surface area contributed by atoms with E-state index in [0.29, 0.717) is 11.4 Å². The van der Waals surface area contributed by atoms with Gasteiger partial charge in [-0.1, -0.05) is 36.4 Å². The molecule has 7 rings (SSSR count). The van der Waals surface area contributed by atoms with E-state index in [9.17, 15) is 19.8 Å². The number of aromatic carboxylic acids is 2. The lowest BCUT2D eigenvalue weighted by atomic mass is 10.1. The number of carboxylic acid groups (broad SMARTS) is 2. The van der Waals surface area contributed by atoms with Crippen LogP contribution in [0, 0.1) is 0 Å². The van der Waals surface area contributed by atoms with Crippen LogP contribution in [-0.4, -0.2) is 37.1 Å². The van der Waals surface area contributed by atoms with Crippen molar-refractivity contribution in [2.75, 3.05) is 4.90 Å². The number of rotatable bonds is 8. The fourth-order valence-corrected chi connectivity index (χ4v) is 7.41. The van der Waals surface area contributed by atoms with Crippen LogP contribution in [0.5, 0.6) is 0 Å². The Morgan fingerprint density at radius 2 is 1.13 bits per heavy atom. The van der Waals surface area contributed by atoms with Crippen LogP contribution in [0.1, 0.15) is 20.7 Å². The molecule has 0 bridgehead atoms. The Morgan fingerprint density at radius 1 is 0.578 bits per heavy atom. The number of pyridine rings is 3. The Hall–Kier alpha value is -5.71. The van der Waals surface area contributed by atoms with Crippen LogP contribution in [0.3, 0.4) is 0 Å². The minimum atomic E-state index is -1.14. The monoisotopic (exact) mass is 626 g/mol. The largest absolute Gasteiger partial charge is 0.478 e. The molecule has 0 aliphatic rings. The fourth-order valence-electron chi connectivity index (χ4n) is 4.98. The van der Waals surface area contributed by atoms with E-state index >= 15 is 0 Å². The van der Waals surface area contributed by atoms with Gasteiger partial charge in [0.05, 0.1) is 33.9 Å². The van der Waals surface area contributed by atoms with Crippen LogP contribution >= 0.6 is 22.7 Å². The molecule has 2 N–H and O–H groups in total. The fraction of sp³-hybridized carbons (Fsp3) is 0. The normalized spacial score (nSPS) is 11.0. The molecule has 218 valence electrons. The number of thiophene rings is 2. The molecule has 0 amide bonds. The molecular formula is C35H22N4O4S2. The van der Waals surface area contributed by atoms with Gasteiger partial charge in [-0.05, 0) is 78.4 Å². The van der Waals surface area contributed by atoms with E-state index in [-0.39, 0.29) is 22.5 Å². The molecule has 10 heteroatoms. The first-order valence-corrected chi connectivity index (χ1v) is 15.4. The highest BCUT2D eigenvalue weighted by Crippen LogP contribution is 2.46. The SMILES string of the molecule is O=C(O)c1ccnc(-c2cc(C(=O)O)cc(-c3cc(-c4cc5sc(N(c6ccccc6)c6ccccc6)cc5s4)ccn3)n2)c1. The lowest BCUT2D eigenvalue weighted by molar-refractivity contribution is 0.0686. The van der Waals surface area contributed by atoms with Crippen molar-refractivity contribution < 1.29 is 19.8 Å². The number of carboxylic acids is 2. The van der Waals surface area contributed by atoms with Crippen molar-refractivity contribution in [3.05, 3.63) is 133 Å². The van der Waals surface area contributed by atoms with E-state index in [1.165, 1.54) is 30.5 Å². The number of para-hydroxylation sites is 2. The lowest BCUT2D eigenvalue weighted by Crippen LogP contribution is -2.07. The maximum atomic E-state index is 12.0. The number of fused-ring (bicyclic) bond motifs is 1. The minimum absolute atomic E-state index is 0.00437. The molecule has 0 aliphatic carbocycles. The molecule has 7 aromatic rings. The van der Waals surface area contributed by atoms with Crippen molar-refractivity contribution >= 4 is 60.4 Å². The molecule has 0 unspecified atom stereocenters. The van der Waals surface area contributed by atoms with Crippen molar-refractivity contribution in [2.24, 2.45) is 0 Å². The highest BCUT2D eigenvalue weighted by atomic mass is 32.1. The van der Waals surface area contributed by atoms with Crippen LogP contribution in [0.4, 0.5) is 16.4 Å². The topological polar surface area (TPSA) is 117 Å². The number of nitrogens with zero attached hydrogens (tertiary/aromatic N) is 4. The van der Waals surface area contributed by atoms with E-state index in [2.05, 4.69) is 56.3 Å². The van der Waals surface area contributed by atoms with Crippen molar-refractivity contribution in [1.29, 1.82) is 0 Å². The van der Waals surface area contributed by atoms with Crippen LogP contribution in [0.15, 0.2) is 122 Å². The van der Waals surface area contributed by atoms with Crippen LogP contribution in [-0.2, 0) is 0 Å². The van der Waals surface area contributed by atoms with E-state index in [0.717, 1.165) is 36.2 Å². The van der Waals surface area contributed by atoms with Crippen molar-refractivity contribution in [3.63, 3.8) is 0 Å². The maximum absolute atomic E-state index is 12.0. The van der Waals surface area contributed by atoms with Gasteiger partial charge in [-0.15, -0.1) is 22.7 Å². The van der Waals surface area contributed by atoms with Crippen molar-refractivity contribution in [3.8, 4) is 33.2 Å². The predicted octanol–water partition coefficient (Wildman–Crippen LogP) is 9.01. The number of hydrogen-bond donors (Lipinski definition) is 2. The second kappa shape index (κ2) is 11.8. The first-order valence-electron chi connectivity index (χ1n) is 13.8. The molecule has 0 atom stereocenters. The van der Waals surface area contributed by atoms with Crippen LogP contribution < -0.4 is 4.90 Å². The molecule has 0 aliphatic heterocycles. The van der Waals surface area contributed by atoms with E-state index in [1.54, 1.807) is 28.9 Å². The zero-order valence-corrected chi connectivity index (χ0v) is 25.0. The van der Waals surface area contributed by atoms with Crippen LogP contribution in [0.25, 0.3) is 42.6 Å². The van der Waals surface area contributed by atoms with Gasteiger partial charge in [0, 0.05) is 38.0 Å². The number of carbonyl (C=O) groups is 2. The average Bonchev–Trinajstić information content (AvgIpc) is 3.66. The molecule has 0 fully saturated rings. The Morgan fingerprint density at radius 3 is 1.73 bits per heavy atom. The molecule has 0 saturated heterocycles. The van der Waals surface area contributed by atoms with Gasteiger partial charge in [0.2, 0.25) is 0 Å². The van der Waals surface area contributed by atoms with Gasteiger partial charge in [0.15, 0.2) is 0 Å². The summed E-state index contributed by atoms with van der Waals surface area (Å²) in [4.78, 5) is 40.1. The zero-order valence-electron chi connectivity index (χ0n) is 23.4. The molecular weight excluding hydrogens is 605 g/mol. The molecule has 5 heterocycles. The van der Waals surface area contributed by atoms with E-state index in [1.807, 2.05) is 48.5 Å². The van der Waals surface area contributed by atoms with Gasteiger partial charge >= 0.3 is 11.9 Å². The lowest BCUT2D eigenvalue weighted by Gasteiger charge is -2.23. The third-order valence-corrected chi connectivity index (χ3v) is 9.42. The van der Waals surface area contributed by atoms with Gasteiger partial charge in [-0.3, -0.25) is 9.97 Å². The standard InChI is InChI=1S/C35H22N4O4S2/c40-34(41)22-12-14-37-27(16-22)29-18-23(35(42)43)17-28(38-29)26-15-21(11-13-36-26)30-19-31-32(44-30)20-33(45-31)39(24-7-3-1-4-8-24)25-9-5-2-6-10-25/h1-20H,(H,40,41)(H,42,43). The summed E-state index contributed by atoms with van der Waals surface area (Å²) in [5.74, 6) is -2.25. The molecule has 2 aromatic carbocycles. The molecule has 8 nitrogen and oxygen atoms in total.